The third kappa shape index (κ3) is 6.35. The number of carbonyl (C=O) groups is 2. The second-order valence-electron chi connectivity index (χ2n) is 7.98. The Bertz CT molecular complexity index is 602. The first kappa shape index (κ1) is 21.4. The van der Waals surface area contributed by atoms with Crippen LogP contribution in [0.1, 0.15) is 51.7 Å². The maximum absolute atomic E-state index is 12.8. The van der Waals surface area contributed by atoms with Crippen LogP contribution in [0, 0.1) is 23.7 Å². The molecular formula is C22H33NO4. The van der Waals surface area contributed by atoms with Crippen LogP contribution in [0.3, 0.4) is 0 Å². The van der Waals surface area contributed by atoms with Crippen molar-refractivity contribution in [2.24, 2.45) is 23.7 Å². The molecule has 1 aromatic carbocycles. The number of likely N-dealkylation sites (N-methyl/N-ethyl adjacent to an activating group) is 1. The molecular weight excluding hydrogens is 342 g/mol. The molecule has 1 fully saturated rings. The second-order valence-corrected chi connectivity index (χ2v) is 7.98. The highest BCUT2D eigenvalue weighted by atomic mass is 16.6. The van der Waals surface area contributed by atoms with E-state index in [0.717, 1.165) is 18.4 Å². The van der Waals surface area contributed by atoms with Crippen molar-refractivity contribution >= 4 is 11.9 Å². The summed E-state index contributed by atoms with van der Waals surface area (Å²) in [6, 6.07) is 9.43. The standard InChI is InChI=1S/C22H33NO4/c1-15(2)18-11-10-16(3)12-19(18)22(25)26-14-20(27-21(24)13-23-4)17-8-6-5-7-9-17/h5-9,15-16,18-20,23H,10-14H2,1-4H3/t16-,18+,19-,20-/m1/s1. The van der Waals surface area contributed by atoms with Crippen LogP contribution >= 0.6 is 0 Å². The fraction of sp³-hybridized carbons (Fsp3) is 0.636. The van der Waals surface area contributed by atoms with Crippen LogP contribution in [-0.2, 0) is 19.1 Å². The van der Waals surface area contributed by atoms with E-state index in [9.17, 15) is 9.59 Å². The van der Waals surface area contributed by atoms with E-state index in [1.54, 1.807) is 7.05 Å². The SMILES string of the molecule is CNCC(=O)O[C@H](COC(=O)[C@@H]1C[C@H](C)CC[C@H]1C(C)C)c1ccccc1. The first-order chi connectivity index (χ1) is 12.9. The summed E-state index contributed by atoms with van der Waals surface area (Å²) in [7, 11) is 1.69. The normalized spacial score (nSPS) is 23.7. The van der Waals surface area contributed by atoms with E-state index in [1.165, 1.54) is 6.42 Å². The van der Waals surface area contributed by atoms with Crippen LogP contribution in [0.5, 0.6) is 0 Å². The summed E-state index contributed by atoms with van der Waals surface area (Å²) >= 11 is 0. The molecule has 150 valence electrons. The van der Waals surface area contributed by atoms with E-state index >= 15 is 0 Å². The smallest absolute Gasteiger partial charge is 0.320 e. The zero-order valence-corrected chi connectivity index (χ0v) is 16.9. The molecule has 27 heavy (non-hydrogen) atoms. The van der Waals surface area contributed by atoms with Gasteiger partial charge in [-0.3, -0.25) is 9.59 Å². The van der Waals surface area contributed by atoms with Crippen molar-refractivity contribution in [3.8, 4) is 0 Å². The van der Waals surface area contributed by atoms with Gasteiger partial charge in [-0.15, -0.1) is 0 Å². The van der Waals surface area contributed by atoms with E-state index in [4.69, 9.17) is 9.47 Å². The van der Waals surface area contributed by atoms with E-state index < -0.39 is 6.10 Å². The molecule has 0 unspecified atom stereocenters. The molecule has 0 spiro atoms. The highest BCUT2D eigenvalue weighted by Crippen LogP contribution is 2.38. The highest BCUT2D eigenvalue weighted by molar-refractivity contribution is 5.73. The lowest BCUT2D eigenvalue weighted by Gasteiger charge is -2.36. The first-order valence-electron chi connectivity index (χ1n) is 9.98. The van der Waals surface area contributed by atoms with E-state index in [0.29, 0.717) is 17.8 Å². The summed E-state index contributed by atoms with van der Waals surface area (Å²) in [4.78, 5) is 24.8. The minimum Gasteiger partial charge on any atom is -0.461 e. The third-order valence-corrected chi connectivity index (χ3v) is 5.47. The number of rotatable bonds is 8. The molecule has 1 aromatic rings. The molecule has 0 aromatic heterocycles. The van der Waals surface area contributed by atoms with Crippen molar-refractivity contribution in [1.82, 2.24) is 5.32 Å². The van der Waals surface area contributed by atoms with Crippen LogP contribution in [0.25, 0.3) is 0 Å². The Hall–Kier alpha value is -1.88. The molecule has 0 bridgehead atoms. The maximum Gasteiger partial charge on any atom is 0.320 e. The number of ether oxygens (including phenoxy) is 2. The Morgan fingerprint density at radius 2 is 1.89 bits per heavy atom. The molecule has 5 heteroatoms. The lowest BCUT2D eigenvalue weighted by Crippen LogP contribution is -2.35. The van der Waals surface area contributed by atoms with Crippen molar-refractivity contribution in [3.63, 3.8) is 0 Å². The Kier molecular flexibility index (Phi) is 8.29. The topological polar surface area (TPSA) is 64.6 Å². The number of carbonyl (C=O) groups excluding carboxylic acids is 2. The molecule has 1 aliphatic carbocycles. The van der Waals surface area contributed by atoms with Crippen LogP contribution in [-0.4, -0.2) is 32.1 Å². The average molecular weight is 376 g/mol. The molecule has 0 saturated heterocycles. The second kappa shape index (κ2) is 10.5. The highest BCUT2D eigenvalue weighted by Gasteiger charge is 2.36. The number of hydrogen-bond acceptors (Lipinski definition) is 5. The lowest BCUT2D eigenvalue weighted by molar-refractivity contribution is -0.164. The van der Waals surface area contributed by atoms with Gasteiger partial charge in [0.05, 0.1) is 12.5 Å². The lowest BCUT2D eigenvalue weighted by atomic mass is 9.70. The Morgan fingerprint density at radius 3 is 2.52 bits per heavy atom. The van der Waals surface area contributed by atoms with Crippen LogP contribution < -0.4 is 5.32 Å². The summed E-state index contributed by atoms with van der Waals surface area (Å²) in [6.45, 7) is 6.71. The summed E-state index contributed by atoms with van der Waals surface area (Å²) in [5, 5.41) is 2.78. The van der Waals surface area contributed by atoms with Crippen molar-refractivity contribution in [2.75, 3.05) is 20.2 Å². The molecule has 2 rings (SSSR count). The van der Waals surface area contributed by atoms with Crippen LogP contribution in [0.15, 0.2) is 30.3 Å². The summed E-state index contributed by atoms with van der Waals surface area (Å²) in [5.74, 6) is 0.748. The maximum atomic E-state index is 12.8. The van der Waals surface area contributed by atoms with Crippen molar-refractivity contribution in [1.29, 1.82) is 0 Å². The number of nitrogens with one attached hydrogen (secondary N) is 1. The molecule has 0 aliphatic heterocycles. The van der Waals surface area contributed by atoms with Gasteiger partial charge in [-0.2, -0.15) is 0 Å². The predicted molar refractivity (Wildman–Crippen MR) is 105 cm³/mol. The number of hydrogen-bond donors (Lipinski definition) is 1. The molecule has 5 nitrogen and oxygen atoms in total. The minimum atomic E-state index is -0.588. The van der Waals surface area contributed by atoms with E-state index in [1.807, 2.05) is 30.3 Å². The van der Waals surface area contributed by atoms with Crippen molar-refractivity contribution in [2.45, 2.75) is 46.1 Å². The molecule has 1 saturated carbocycles. The molecule has 1 N–H and O–H groups in total. The first-order valence-corrected chi connectivity index (χ1v) is 9.98. The molecule has 0 heterocycles. The molecule has 4 atom stereocenters. The van der Waals surface area contributed by atoms with Gasteiger partial charge in [0.1, 0.15) is 6.61 Å². The van der Waals surface area contributed by atoms with Crippen molar-refractivity contribution in [3.05, 3.63) is 35.9 Å². The van der Waals surface area contributed by atoms with E-state index in [2.05, 4.69) is 26.1 Å². The molecule has 0 amide bonds. The molecule has 1 aliphatic rings. The molecule has 0 radical (unpaired) electrons. The summed E-state index contributed by atoms with van der Waals surface area (Å²) in [5.41, 5.74) is 0.826. The zero-order chi connectivity index (χ0) is 19.8. The van der Waals surface area contributed by atoms with Gasteiger partial charge in [-0.1, -0.05) is 57.5 Å². The Balaban J connectivity index is 2.04. The number of esters is 2. The average Bonchev–Trinajstić information content (AvgIpc) is 2.65. The van der Waals surface area contributed by atoms with Gasteiger partial charge < -0.3 is 14.8 Å². The van der Waals surface area contributed by atoms with Gasteiger partial charge in [0.15, 0.2) is 6.10 Å². The fourth-order valence-corrected chi connectivity index (χ4v) is 3.95. The summed E-state index contributed by atoms with van der Waals surface area (Å²) < 4.78 is 11.2. The zero-order valence-electron chi connectivity index (χ0n) is 16.9. The Labute approximate surface area is 162 Å². The largest absolute Gasteiger partial charge is 0.461 e. The Morgan fingerprint density at radius 1 is 1.19 bits per heavy atom. The number of benzene rings is 1. The van der Waals surface area contributed by atoms with Crippen molar-refractivity contribution < 1.29 is 19.1 Å². The van der Waals surface area contributed by atoms with Gasteiger partial charge in [0, 0.05) is 0 Å². The van der Waals surface area contributed by atoms with Gasteiger partial charge in [0.2, 0.25) is 0 Å². The van der Waals surface area contributed by atoms with Gasteiger partial charge in [-0.05, 0) is 43.2 Å². The van der Waals surface area contributed by atoms with Gasteiger partial charge in [0.25, 0.3) is 0 Å². The van der Waals surface area contributed by atoms with Crippen LogP contribution in [0.4, 0.5) is 0 Å². The van der Waals surface area contributed by atoms with Gasteiger partial charge >= 0.3 is 11.9 Å². The summed E-state index contributed by atoms with van der Waals surface area (Å²) in [6.07, 6.45) is 2.52. The monoisotopic (exact) mass is 375 g/mol. The van der Waals surface area contributed by atoms with Gasteiger partial charge in [-0.25, -0.2) is 0 Å². The predicted octanol–water partition coefficient (Wildman–Crippen LogP) is 3.74. The fourth-order valence-electron chi connectivity index (χ4n) is 3.95. The third-order valence-electron chi connectivity index (χ3n) is 5.47. The quantitative estimate of drug-likeness (QED) is 0.701. The minimum absolute atomic E-state index is 0.0496. The van der Waals surface area contributed by atoms with E-state index in [-0.39, 0.29) is 31.0 Å². The van der Waals surface area contributed by atoms with Crippen LogP contribution in [0.2, 0.25) is 0 Å².